The number of hydrogen-bond donors (Lipinski definition) is 0. The average Bonchev–Trinajstić information content (AvgIpc) is 3.65. The molecule has 59 heavy (non-hydrogen) atoms. The Kier molecular flexibility index (Phi) is 14.0. The van der Waals surface area contributed by atoms with Crippen molar-refractivity contribution in [3.8, 4) is 11.1 Å². The third-order valence-electron chi connectivity index (χ3n) is 13.3. The Morgan fingerprint density at radius 1 is 0.763 bits per heavy atom. The second kappa shape index (κ2) is 17.7. The van der Waals surface area contributed by atoms with Crippen LogP contribution in [-0.4, -0.2) is 146 Å². The fourth-order valence-corrected chi connectivity index (χ4v) is 10.7. The van der Waals surface area contributed by atoms with Crippen molar-refractivity contribution in [2.75, 3.05) is 26.2 Å². The van der Waals surface area contributed by atoms with E-state index in [2.05, 4.69) is 55.1 Å². The number of carbonyl (C=O) groups is 1. The second-order valence-corrected chi connectivity index (χ2v) is 18.9. The highest BCUT2D eigenvalue weighted by molar-refractivity contribution is 8.02. The molecule has 296 valence electrons. The first-order valence-electron chi connectivity index (χ1n) is 20.8. The van der Waals surface area contributed by atoms with Crippen molar-refractivity contribution in [1.82, 2.24) is 19.4 Å². The topological polar surface area (TPSA) is 58.4 Å². The molecule has 1 amide bonds. The first-order chi connectivity index (χ1) is 27.4. The molecule has 1 aromatic heterocycles. The van der Waals surface area contributed by atoms with E-state index in [1.807, 2.05) is 40.9 Å². The monoisotopic (exact) mass is 810 g/mol. The highest BCUT2D eigenvalue weighted by Crippen LogP contribution is 2.37. The predicted octanol–water partition coefficient (Wildman–Crippen LogP) is -11.0. The Morgan fingerprint density at radius 3 is 1.73 bits per heavy atom. The average molecular weight is 809 g/mol. The molecule has 0 bridgehead atoms. The van der Waals surface area contributed by atoms with Gasteiger partial charge in [-0.2, -0.15) is 18.2 Å². The highest BCUT2D eigenvalue weighted by Gasteiger charge is 2.39. The lowest BCUT2D eigenvalue weighted by molar-refractivity contribution is -0.136. The molecule has 4 aromatic rings. The van der Waals surface area contributed by atoms with E-state index in [-0.39, 0.29) is 34.8 Å². The van der Waals surface area contributed by atoms with Gasteiger partial charge in [-0.15, -0.1) is 0 Å². The SMILES string of the molecule is Bc1c(B)c(C(F)(F)F)c(B)c(B)c1-c1c(B)c(B)c(C(B)(B)N(CCN(CC)CC)C(=O)Cn2c(SC(B)(B)c3ccc(F)cc3)nc(=O)c3c2CCC3)c(B)c1B. The third kappa shape index (κ3) is 8.94. The minimum absolute atomic E-state index is 0.0181. The van der Waals surface area contributed by atoms with Crippen molar-refractivity contribution in [3.05, 3.63) is 68.4 Å². The number of halogens is 4. The van der Waals surface area contributed by atoms with Gasteiger partial charge in [0.05, 0.1) is 0 Å². The van der Waals surface area contributed by atoms with Crippen LogP contribution in [0.4, 0.5) is 17.6 Å². The fraction of sp³-hybridized carbons (Fsp3) is 0.361. The Bertz CT molecular complexity index is 2300. The Labute approximate surface area is 362 Å². The molecule has 0 spiro atoms. The van der Waals surface area contributed by atoms with Crippen LogP contribution >= 0.6 is 11.8 Å². The molecule has 3 aromatic carbocycles. The molecule has 0 aliphatic heterocycles. The number of rotatable bonds is 13. The van der Waals surface area contributed by atoms with E-state index in [9.17, 15) is 22.4 Å². The summed E-state index contributed by atoms with van der Waals surface area (Å²) in [6.07, 6.45) is -2.39. The number of aromatic nitrogens is 2. The van der Waals surface area contributed by atoms with E-state index in [4.69, 9.17) is 0 Å². The molecule has 0 radical (unpaired) electrons. The minimum Gasteiger partial charge on any atom is -0.346 e. The number of hydrogen-bond acceptors (Lipinski definition) is 5. The van der Waals surface area contributed by atoms with Crippen LogP contribution in [0.2, 0.25) is 0 Å². The molecule has 0 fully saturated rings. The van der Waals surface area contributed by atoms with Crippen LogP contribution in [0.1, 0.15) is 48.2 Å². The minimum atomic E-state index is -4.46. The van der Waals surface area contributed by atoms with Crippen LogP contribution in [-0.2, 0) is 40.2 Å². The first-order valence-corrected chi connectivity index (χ1v) is 21.6. The first kappa shape index (κ1) is 46.9. The summed E-state index contributed by atoms with van der Waals surface area (Å²) in [4.78, 5) is 37.5. The van der Waals surface area contributed by atoms with Crippen molar-refractivity contribution < 1.29 is 22.4 Å². The van der Waals surface area contributed by atoms with Gasteiger partial charge in [-0.3, -0.25) is 9.59 Å². The number of carbonyl (C=O) groups excluding carboxylic acids is 1. The van der Waals surface area contributed by atoms with E-state index in [1.54, 1.807) is 43.5 Å². The summed E-state index contributed by atoms with van der Waals surface area (Å²) in [6.45, 7) is 6.94. The molecular formula is C36H50B12F4N4O2S. The van der Waals surface area contributed by atoms with Gasteiger partial charge in [0.15, 0.2) is 5.16 Å². The molecule has 1 heterocycles. The quantitative estimate of drug-likeness (QED) is 0.0583. The van der Waals surface area contributed by atoms with E-state index in [1.165, 1.54) is 23.9 Å². The standard InChI is InChI=1S/C36H50B12F4N4O2S/c1-3-54(4-2)12-13-56(19(57)14-55-18-7-5-6-17(18)32(58)53-33(55)59-35(47,48)15-8-10-16(49)11-9-15)34(45,46)22-28(41)24(37)20(25(38)29(22)42)21-26(39)30(43)23(36(50,51)52)31(44)27(21)40/h8-11H,3-7,12-14,37-48H2,1-2H3. The lowest BCUT2D eigenvalue weighted by atomic mass is 9.49. The molecule has 0 saturated heterocycles. The third-order valence-corrected chi connectivity index (χ3v) is 14.5. The van der Waals surface area contributed by atoms with Gasteiger partial charge in [-0.1, -0.05) is 87.0 Å². The maximum absolute atomic E-state index is 15.2. The zero-order chi connectivity index (χ0) is 44.1. The van der Waals surface area contributed by atoms with Gasteiger partial charge >= 0.3 is 6.18 Å². The number of nitrogens with zero attached hydrogens (tertiary/aromatic N) is 4. The van der Waals surface area contributed by atoms with Crippen molar-refractivity contribution in [3.63, 3.8) is 0 Å². The van der Waals surface area contributed by atoms with Crippen LogP contribution in [0.25, 0.3) is 11.1 Å². The van der Waals surface area contributed by atoms with Crippen molar-refractivity contribution in [1.29, 1.82) is 0 Å². The van der Waals surface area contributed by atoms with E-state index in [0.717, 1.165) is 69.3 Å². The summed E-state index contributed by atoms with van der Waals surface area (Å²) in [5.74, 6) is -0.442. The van der Waals surface area contributed by atoms with E-state index >= 15 is 4.79 Å². The van der Waals surface area contributed by atoms with Gasteiger partial charge in [-0.25, -0.2) is 4.39 Å². The number of thioether (sulfide) groups is 1. The van der Waals surface area contributed by atoms with Gasteiger partial charge in [-0.05, 0) is 65.7 Å². The summed E-state index contributed by atoms with van der Waals surface area (Å²) in [6, 6.07) is 6.33. The summed E-state index contributed by atoms with van der Waals surface area (Å²) in [5.41, 5.74) is 9.96. The highest BCUT2D eigenvalue weighted by atomic mass is 32.2. The van der Waals surface area contributed by atoms with Crippen molar-refractivity contribution in [2.45, 2.75) is 60.9 Å². The molecule has 0 N–H and O–H groups in total. The fourth-order valence-electron chi connectivity index (χ4n) is 9.54. The van der Waals surface area contributed by atoms with E-state index in [0.29, 0.717) is 47.6 Å². The summed E-state index contributed by atoms with van der Waals surface area (Å²) in [7, 11) is 23.1. The number of amides is 1. The van der Waals surface area contributed by atoms with Crippen LogP contribution < -0.4 is 49.3 Å². The van der Waals surface area contributed by atoms with Gasteiger partial charge < -0.3 is 14.4 Å². The number of alkyl halides is 3. The summed E-state index contributed by atoms with van der Waals surface area (Å²) < 4.78 is 58.2. The Hall–Kier alpha value is -3.18. The number of likely N-dealkylation sites (N-methyl/N-ethyl adjacent to an activating group) is 1. The van der Waals surface area contributed by atoms with Crippen LogP contribution in [0.3, 0.4) is 0 Å². The van der Waals surface area contributed by atoms with E-state index < -0.39 is 21.6 Å². The molecule has 6 nitrogen and oxygen atoms in total. The Morgan fingerprint density at radius 2 is 1.25 bits per heavy atom. The summed E-state index contributed by atoms with van der Waals surface area (Å²) in [5, 5.41) is -0.366. The molecule has 1 aliphatic carbocycles. The lowest BCUT2D eigenvalue weighted by Gasteiger charge is -2.44. The smallest absolute Gasteiger partial charge is 0.346 e. The predicted molar refractivity (Wildman–Crippen MR) is 272 cm³/mol. The number of benzene rings is 3. The van der Waals surface area contributed by atoms with Crippen LogP contribution in [0.5, 0.6) is 0 Å². The molecule has 0 atom stereocenters. The zero-order valence-electron chi connectivity index (χ0n) is 37.5. The van der Waals surface area contributed by atoms with Gasteiger partial charge in [0.2, 0.25) is 5.91 Å². The molecule has 0 unspecified atom stereocenters. The van der Waals surface area contributed by atoms with Crippen LogP contribution in [0, 0.1) is 5.82 Å². The molecule has 23 heteroatoms. The van der Waals surface area contributed by atoms with Crippen LogP contribution in [0.15, 0.2) is 34.2 Å². The maximum Gasteiger partial charge on any atom is 0.415 e. The maximum atomic E-state index is 15.2. The molecule has 0 saturated carbocycles. The molecule has 5 rings (SSSR count). The second-order valence-electron chi connectivity index (χ2n) is 17.3. The lowest BCUT2D eigenvalue weighted by Crippen LogP contribution is -2.61. The number of fused-ring (bicyclic) bond motifs is 1. The van der Waals surface area contributed by atoms with Gasteiger partial charge in [0.1, 0.15) is 107 Å². The Balaban J connectivity index is 1.66. The molecule has 1 aliphatic rings. The normalized spacial score (nSPS) is 13.2. The summed E-state index contributed by atoms with van der Waals surface area (Å²) >= 11 is 1.40. The van der Waals surface area contributed by atoms with Crippen molar-refractivity contribution in [2.24, 2.45) is 0 Å². The van der Waals surface area contributed by atoms with Gasteiger partial charge in [0.25, 0.3) is 5.56 Å². The molecular weight excluding hydrogens is 758 g/mol. The zero-order valence-corrected chi connectivity index (χ0v) is 38.3. The van der Waals surface area contributed by atoms with Gasteiger partial charge in [0, 0.05) is 35.2 Å². The largest absolute Gasteiger partial charge is 0.415 e. The van der Waals surface area contributed by atoms with Crippen molar-refractivity contribution >= 4 is 156 Å².